The summed E-state index contributed by atoms with van der Waals surface area (Å²) in [5, 5.41) is 3.39. The topological polar surface area (TPSA) is 35.6 Å². The van der Waals surface area contributed by atoms with Crippen LogP contribution < -0.4 is 15.1 Å². The molecule has 0 saturated carbocycles. The first kappa shape index (κ1) is 13.9. The van der Waals surface area contributed by atoms with Crippen molar-refractivity contribution in [1.29, 1.82) is 0 Å². The van der Waals surface area contributed by atoms with Gasteiger partial charge in [-0.05, 0) is 50.0 Å². The smallest absolute Gasteiger partial charge is 0.246 e. The Morgan fingerprint density at radius 3 is 3.00 bits per heavy atom. The van der Waals surface area contributed by atoms with Crippen molar-refractivity contribution in [3.05, 3.63) is 22.7 Å². The fourth-order valence-electron chi connectivity index (χ4n) is 3.06. The Hall–Kier alpha value is -1.07. The first-order valence-electron chi connectivity index (χ1n) is 7.17. The number of hydrogen-bond donors (Lipinski definition) is 1. The van der Waals surface area contributed by atoms with Crippen molar-refractivity contribution in [3.63, 3.8) is 0 Å². The Bertz CT molecular complexity index is 514. The second-order valence-corrected chi connectivity index (χ2v) is 6.60. The molecule has 1 N–H and O–H groups in total. The Kier molecular flexibility index (Phi) is 3.98. The van der Waals surface area contributed by atoms with Crippen LogP contribution in [0.3, 0.4) is 0 Å². The Morgan fingerprint density at radius 1 is 1.40 bits per heavy atom. The van der Waals surface area contributed by atoms with Crippen LogP contribution in [0, 0.1) is 5.92 Å². The molecule has 2 aliphatic rings. The summed E-state index contributed by atoms with van der Waals surface area (Å²) in [6.07, 6.45) is 2.31. The van der Waals surface area contributed by atoms with E-state index in [4.69, 9.17) is 0 Å². The monoisotopic (exact) mass is 337 g/mol. The average molecular weight is 338 g/mol. The maximum atomic E-state index is 12.3. The standard InChI is InChI=1S/C15H20BrN3O/c1-18-10-15(20)19(7-5-11-4-6-17-9-11)14-8-12(16)2-3-13(14)18/h2-3,8,11,17H,4-7,9-10H2,1H3. The molecule has 1 atom stereocenters. The molecule has 1 amide bonds. The zero-order valence-corrected chi connectivity index (χ0v) is 13.3. The lowest BCUT2D eigenvalue weighted by atomic mass is 10.0. The molecule has 0 radical (unpaired) electrons. The number of rotatable bonds is 3. The fraction of sp³-hybridized carbons (Fsp3) is 0.533. The molecule has 1 saturated heterocycles. The Morgan fingerprint density at radius 2 is 2.25 bits per heavy atom. The molecule has 0 bridgehead atoms. The van der Waals surface area contributed by atoms with Gasteiger partial charge in [0.2, 0.25) is 5.91 Å². The molecule has 1 fully saturated rings. The van der Waals surface area contributed by atoms with E-state index < -0.39 is 0 Å². The predicted octanol–water partition coefficient (Wildman–Crippen LogP) is 2.23. The lowest BCUT2D eigenvalue weighted by Crippen LogP contribution is -2.45. The van der Waals surface area contributed by atoms with Crippen molar-refractivity contribution in [3.8, 4) is 0 Å². The number of halogens is 1. The SMILES string of the molecule is CN1CC(=O)N(CCC2CCNC2)c2cc(Br)ccc21. The number of carbonyl (C=O) groups excluding carboxylic acids is 1. The summed E-state index contributed by atoms with van der Waals surface area (Å²) in [7, 11) is 1.98. The maximum absolute atomic E-state index is 12.3. The van der Waals surface area contributed by atoms with Gasteiger partial charge < -0.3 is 15.1 Å². The van der Waals surface area contributed by atoms with Gasteiger partial charge in [-0.1, -0.05) is 15.9 Å². The van der Waals surface area contributed by atoms with Crippen LogP contribution in [0.5, 0.6) is 0 Å². The van der Waals surface area contributed by atoms with E-state index in [9.17, 15) is 4.79 Å². The zero-order valence-electron chi connectivity index (χ0n) is 11.7. The van der Waals surface area contributed by atoms with Crippen molar-refractivity contribution in [1.82, 2.24) is 5.32 Å². The van der Waals surface area contributed by atoms with Gasteiger partial charge in [0.15, 0.2) is 0 Å². The molecule has 0 spiro atoms. The summed E-state index contributed by atoms with van der Waals surface area (Å²) in [6, 6.07) is 6.16. The van der Waals surface area contributed by atoms with E-state index in [0.29, 0.717) is 12.5 Å². The summed E-state index contributed by atoms with van der Waals surface area (Å²) in [5.74, 6) is 0.905. The van der Waals surface area contributed by atoms with E-state index in [-0.39, 0.29) is 5.91 Å². The molecule has 5 heteroatoms. The van der Waals surface area contributed by atoms with E-state index in [0.717, 1.165) is 41.9 Å². The molecule has 1 unspecified atom stereocenters. The van der Waals surface area contributed by atoms with Gasteiger partial charge in [0.1, 0.15) is 0 Å². The molecule has 4 nitrogen and oxygen atoms in total. The third-order valence-electron chi connectivity index (χ3n) is 4.24. The number of hydrogen-bond acceptors (Lipinski definition) is 3. The Balaban J connectivity index is 1.80. The molecule has 1 aromatic rings. The van der Waals surface area contributed by atoms with E-state index in [1.54, 1.807) is 0 Å². The van der Waals surface area contributed by atoms with Gasteiger partial charge in [0, 0.05) is 18.1 Å². The number of carbonyl (C=O) groups is 1. The quantitative estimate of drug-likeness (QED) is 0.918. The van der Waals surface area contributed by atoms with E-state index in [2.05, 4.69) is 33.4 Å². The normalized spacial score (nSPS) is 22.3. The van der Waals surface area contributed by atoms with Crippen LogP contribution >= 0.6 is 15.9 Å². The molecule has 20 heavy (non-hydrogen) atoms. The van der Waals surface area contributed by atoms with Crippen LogP contribution in [0.25, 0.3) is 0 Å². The van der Waals surface area contributed by atoms with E-state index in [1.165, 1.54) is 6.42 Å². The minimum atomic E-state index is 0.198. The van der Waals surface area contributed by atoms with Gasteiger partial charge in [0.25, 0.3) is 0 Å². The molecular weight excluding hydrogens is 318 g/mol. The number of anilines is 2. The van der Waals surface area contributed by atoms with Gasteiger partial charge >= 0.3 is 0 Å². The van der Waals surface area contributed by atoms with Crippen LogP contribution in [0.4, 0.5) is 11.4 Å². The highest BCUT2D eigenvalue weighted by molar-refractivity contribution is 9.10. The highest BCUT2D eigenvalue weighted by Gasteiger charge is 2.28. The van der Waals surface area contributed by atoms with Gasteiger partial charge in [0.05, 0.1) is 17.9 Å². The molecule has 2 heterocycles. The fourth-order valence-corrected chi connectivity index (χ4v) is 3.41. The largest absolute Gasteiger partial charge is 0.364 e. The van der Waals surface area contributed by atoms with Crippen LogP contribution in [0.1, 0.15) is 12.8 Å². The maximum Gasteiger partial charge on any atom is 0.246 e. The van der Waals surface area contributed by atoms with Crippen molar-refractivity contribution < 1.29 is 4.79 Å². The first-order chi connectivity index (χ1) is 9.65. The molecule has 2 aliphatic heterocycles. The second-order valence-electron chi connectivity index (χ2n) is 5.68. The highest BCUT2D eigenvalue weighted by atomic mass is 79.9. The third-order valence-corrected chi connectivity index (χ3v) is 4.73. The molecule has 0 aromatic heterocycles. The van der Waals surface area contributed by atoms with Crippen molar-refractivity contribution in [2.75, 3.05) is 43.0 Å². The lowest BCUT2D eigenvalue weighted by molar-refractivity contribution is -0.117. The lowest BCUT2D eigenvalue weighted by Gasteiger charge is -2.35. The van der Waals surface area contributed by atoms with Crippen molar-refractivity contribution in [2.45, 2.75) is 12.8 Å². The summed E-state index contributed by atoms with van der Waals surface area (Å²) < 4.78 is 1.02. The third kappa shape index (κ3) is 2.69. The van der Waals surface area contributed by atoms with Crippen LogP contribution in [0.15, 0.2) is 22.7 Å². The molecule has 0 aliphatic carbocycles. The van der Waals surface area contributed by atoms with E-state index >= 15 is 0 Å². The van der Waals surface area contributed by atoms with Gasteiger partial charge in [-0.3, -0.25) is 4.79 Å². The van der Waals surface area contributed by atoms with Crippen LogP contribution in [-0.4, -0.2) is 39.1 Å². The molecule has 3 rings (SSSR count). The first-order valence-corrected chi connectivity index (χ1v) is 7.96. The summed E-state index contributed by atoms with van der Waals surface area (Å²) in [6.45, 7) is 3.50. The van der Waals surface area contributed by atoms with Gasteiger partial charge in [-0.25, -0.2) is 0 Å². The zero-order chi connectivity index (χ0) is 14.1. The number of nitrogens with zero attached hydrogens (tertiary/aromatic N) is 2. The van der Waals surface area contributed by atoms with Gasteiger partial charge in [-0.15, -0.1) is 0 Å². The number of benzene rings is 1. The van der Waals surface area contributed by atoms with Crippen LogP contribution in [0.2, 0.25) is 0 Å². The van der Waals surface area contributed by atoms with Gasteiger partial charge in [-0.2, -0.15) is 0 Å². The molecule has 1 aromatic carbocycles. The van der Waals surface area contributed by atoms with E-state index in [1.807, 2.05) is 22.9 Å². The molecule has 108 valence electrons. The summed E-state index contributed by atoms with van der Waals surface area (Å²) in [5.41, 5.74) is 2.17. The Labute approximate surface area is 128 Å². The summed E-state index contributed by atoms with van der Waals surface area (Å²) >= 11 is 3.51. The number of amides is 1. The number of likely N-dealkylation sites (N-methyl/N-ethyl adjacent to an activating group) is 1. The predicted molar refractivity (Wildman–Crippen MR) is 85.4 cm³/mol. The summed E-state index contributed by atoms with van der Waals surface area (Å²) in [4.78, 5) is 16.3. The number of nitrogens with one attached hydrogen (secondary N) is 1. The highest BCUT2D eigenvalue weighted by Crippen LogP contribution is 2.35. The van der Waals surface area contributed by atoms with Crippen LogP contribution in [-0.2, 0) is 4.79 Å². The average Bonchev–Trinajstić information content (AvgIpc) is 2.91. The molecular formula is C15H20BrN3O. The van der Waals surface area contributed by atoms with Crippen molar-refractivity contribution >= 4 is 33.2 Å². The number of fused-ring (bicyclic) bond motifs is 1. The second kappa shape index (κ2) is 5.74. The minimum Gasteiger partial charge on any atom is -0.364 e. The van der Waals surface area contributed by atoms with Crippen molar-refractivity contribution in [2.24, 2.45) is 5.92 Å². The minimum absolute atomic E-state index is 0.198.